The molecule has 0 N–H and O–H groups in total. The van der Waals surface area contributed by atoms with Crippen LogP contribution in [0, 0.1) is 5.92 Å². The van der Waals surface area contributed by atoms with Crippen LogP contribution in [-0.4, -0.2) is 29.6 Å². The Morgan fingerprint density at radius 1 is 1.21 bits per heavy atom. The van der Waals surface area contributed by atoms with Gasteiger partial charge in [-0.25, -0.2) is 9.67 Å². The number of hydrogen-bond acceptors (Lipinski definition) is 6. The molecule has 7 heteroatoms. The largest absolute Gasteiger partial charge is 0.497 e. The van der Waals surface area contributed by atoms with Gasteiger partial charge in [0.1, 0.15) is 11.5 Å². The second-order valence-electron chi connectivity index (χ2n) is 7.04. The van der Waals surface area contributed by atoms with Gasteiger partial charge in [-0.3, -0.25) is 4.98 Å². The number of thiazole rings is 1. The number of hydrogen-bond donors (Lipinski definition) is 0. The smallest absolute Gasteiger partial charge is 0.211 e. The summed E-state index contributed by atoms with van der Waals surface area (Å²) in [7, 11) is 3.32. The summed E-state index contributed by atoms with van der Waals surface area (Å²) in [6.45, 7) is 6.42. The molecule has 0 saturated carbocycles. The van der Waals surface area contributed by atoms with E-state index in [9.17, 15) is 0 Å². The third-order valence-electron chi connectivity index (χ3n) is 4.21. The summed E-state index contributed by atoms with van der Waals surface area (Å²) >= 11 is 1.52. The summed E-state index contributed by atoms with van der Waals surface area (Å²) in [5.74, 6) is 2.03. The summed E-state index contributed by atoms with van der Waals surface area (Å²) in [6, 6.07) is 9.54. The predicted molar refractivity (Wildman–Crippen MR) is 118 cm³/mol. The van der Waals surface area contributed by atoms with Gasteiger partial charge in [0, 0.05) is 22.9 Å². The molecule has 29 heavy (non-hydrogen) atoms. The van der Waals surface area contributed by atoms with Gasteiger partial charge >= 0.3 is 0 Å². The van der Waals surface area contributed by atoms with Crippen molar-refractivity contribution >= 4 is 22.7 Å². The lowest BCUT2D eigenvalue weighted by Gasteiger charge is -2.12. The zero-order valence-corrected chi connectivity index (χ0v) is 18.2. The number of rotatable bonds is 7. The van der Waals surface area contributed by atoms with Crippen LogP contribution < -0.4 is 14.3 Å². The van der Waals surface area contributed by atoms with Crippen molar-refractivity contribution in [1.82, 2.24) is 9.66 Å². The van der Waals surface area contributed by atoms with E-state index in [1.165, 1.54) is 11.3 Å². The van der Waals surface area contributed by atoms with Gasteiger partial charge in [0.2, 0.25) is 4.80 Å². The van der Waals surface area contributed by atoms with Gasteiger partial charge in [-0.15, -0.1) is 11.3 Å². The van der Waals surface area contributed by atoms with Gasteiger partial charge in [0.25, 0.3) is 0 Å². The molecule has 2 aromatic heterocycles. The van der Waals surface area contributed by atoms with Crippen molar-refractivity contribution in [1.29, 1.82) is 0 Å². The molecule has 0 fully saturated rings. The highest BCUT2D eigenvalue weighted by Gasteiger charge is 2.15. The molecule has 0 aliphatic rings. The maximum Gasteiger partial charge on any atom is 0.211 e. The molecular formula is C22H26N4O2S. The van der Waals surface area contributed by atoms with Crippen molar-refractivity contribution in [2.75, 3.05) is 14.2 Å². The molecule has 1 aromatic carbocycles. The Morgan fingerprint density at radius 3 is 2.69 bits per heavy atom. The lowest BCUT2D eigenvalue weighted by Crippen LogP contribution is -2.14. The Kier molecular flexibility index (Phi) is 6.82. The molecule has 0 amide bonds. The second kappa shape index (κ2) is 9.52. The minimum absolute atomic E-state index is 0.520. The van der Waals surface area contributed by atoms with Gasteiger partial charge in [0.05, 0.1) is 31.8 Å². The van der Waals surface area contributed by atoms with Gasteiger partial charge in [0.15, 0.2) is 0 Å². The third kappa shape index (κ3) is 5.12. The minimum Gasteiger partial charge on any atom is -0.497 e. The van der Waals surface area contributed by atoms with Crippen LogP contribution in [-0.2, 0) is 0 Å². The van der Waals surface area contributed by atoms with E-state index in [1.807, 2.05) is 47.3 Å². The summed E-state index contributed by atoms with van der Waals surface area (Å²) < 4.78 is 12.9. The molecule has 2 heterocycles. The number of benzene rings is 1. The second-order valence-corrected chi connectivity index (χ2v) is 7.87. The summed E-state index contributed by atoms with van der Waals surface area (Å²) in [6.07, 6.45) is 4.38. The van der Waals surface area contributed by atoms with Crippen LogP contribution in [0.1, 0.15) is 27.2 Å². The van der Waals surface area contributed by atoms with Crippen LogP contribution in [0.15, 0.2) is 58.2 Å². The first-order valence-electron chi connectivity index (χ1n) is 9.44. The molecular weight excluding hydrogens is 384 g/mol. The Balaban J connectivity index is 2.22. The Morgan fingerprint density at radius 2 is 2.03 bits per heavy atom. The van der Waals surface area contributed by atoms with E-state index in [0.717, 1.165) is 45.4 Å². The molecule has 0 bridgehead atoms. The normalized spacial score (nSPS) is 12.5. The number of ether oxygens (including phenoxy) is 2. The molecule has 152 valence electrons. The Bertz CT molecular complexity index is 1050. The van der Waals surface area contributed by atoms with Crippen LogP contribution in [0.5, 0.6) is 11.5 Å². The fraction of sp³-hybridized carbons (Fsp3) is 0.318. The first kappa shape index (κ1) is 20.8. The average Bonchev–Trinajstić information content (AvgIpc) is 3.09. The molecule has 0 unspecified atom stereocenters. The molecule has 6 nitrogen and oxygen atoms in total. The van der Waals surface area contributed by atoms with Crippen LogP contribution >= 0.6 is 11.3 Å². The van der Waals surface area contributed by atoms with Crippen LogP contribution in [0.3, 0.4) is 0 Å². The monoisotopic (exact) mass is 410 g/mol. The van der Waals surface area contributed by atoms with Crippen molar-refractivity contribution in [3.05, 3.63) is 52.9 Å². The minimum atomic E-state index is 0.520. The quantitative estimate of drug-likeness (QED) is 0.507. The predicted octanol–water partition coefficient (Wildman–Crippen LogP) is 5.13. The first-order valence-corrected chi connectivity index (χ1v) is 10.3. The van der Waals surface area contributed by atoms with Crippen molar-refractivity contribution in [3.63, 3.8) is 0 Å². The fourth-order valence-electron chi connectivity index (χ4n) is 3.01. The topological polar surface area (TPSA) is 61.0 Å². The van der Waals surface area contributed by atoms with Gasteiger partial charge in [-0.2, -0.15) is 5.10 Å². The Labute approximate surface area is 175 Å². The Hall–Kier alpha value is -2.93. The summed E-state index contributed by atoms with van der Waals surface area (Å²) in [5.41, 5.74) is 3.62. The highest BCUT2D eigenvalue weighted by atomic mass is 32.1. The van der Waals surface area contributed by atoms with Crippen molar-refractivity contribution in [3.8, 4) is 22.8 Å². The number of methoxy groups -OCH3 is 2. The van der Waals surface area contributed by atoms with Gasteiger partial charge < -0.3 is 9.47 Å². The molecule has 3 rings (SSSR count). The molecule has 0 spiro atoms. The standard InChI is InChI=1S/C22H26N4O2S/c1-15(2)11-16(3)25-26-20(19-12-18(27-4)8-9-21(19)28-5)14-29-22(26)24-17-7-6-10-23-13-17/h6-10,12-15H,11H2,1-5H3. The zero-order chi connectivity index (χ0) is 20.8. The lowest BCUT2D eigenvalue weighted by atomic mass is 10.1. The van der Waals surface area contributed by atoms with Crippen molar-refractivity contribution < 1.29 is 9.47 Å². The molecule has 0 aliphatic carbocycles. The molecule has 0 radical (unpaired) electrons. The third-order valence-corrected chi connectivity index (χ3v) is 5.03. The number of nitrogens with zero attached hydrogens (tertiary/aromatic N) is 4. The summed E-state index contributed by atoms with van der Waals surface area (Å²) in [5, 5.41) is 6.94. The van der Waals surface area contributed by atoms with Crippen molar-refractivity contribution in [2.45, 2.75) is 27.2 Å². The van der Waals surface area contributed by atoms with Gasteiger partial charge in [-0.05, 0) is 49.6 Å². The van der Waals surface area contributed by atoms with Crippen molar-refractivity contribution in [2.24, 2.45) is 16.0 Å². The van der Waals surface area contributed by atoms with E-state index in [2.05, 4.69) is 18.8 Å². The zero-order valence-electron chi connectivity index (χ0n) is 17.4. The number of pyridine rings is 1. The van der Waals surface area contributed by atoms with Gasteiger partial charge in [-0.1, -0.05) is 13.8 Å². The number of aromatic nitrogens is 2. The van der Waals surface area contributed by atoms with E-state index in [0.29, 0.717) is 5.92 Å². The lowest BCUT2D eigenvalue weighted by molar-refractivity contribution is 0.404. The molecule has 0 atom stereocenters. The molecule has 0 aliphatic heterocycles. The maximum absolute atomic E-state index is 5.60. The van der Waals surface area contributed by atoms with E-state index in [-0.39, 0.29) is 0 Å². The van der Waals surface area contributed by atoms with E-state index < -0.39 is 0 Å². The summed E-state index contributed by atoms with van der Waals surface area (Å²) in [4.78, 5) is 9.68. The van der Waals surface area contributed by atoms with E-state index >= 15 is 0 Å². The average molecular weight is 411 g/mol. The van der Waals surface area contributed by atoms with Crippen LogP contribution in [0.25, 0.3) is 11.3 Å². The molecule has 0 saturated heterocycles. The highest BCUT2D eigenvalue weighted by molar-refractivity contribution is 7.07. The van der Waals surface area contributed by atoms with Crippen LogP contribution in [0.4, 0.5) is 5.69 Å². The first-order chi connectivity index (χ1) is 14.0. The maximum atomic E-state index is 5.60. The highest BCUT2D eigenvalue weighted by Crippen LogP contribution is 2.34. The van der Waals surface area contributed by atoms with Crippen LogP contribution in [0.2, 0.25) is 0 Å². The SMILES string of the molecule is COc1ccc(OC)c(-c2csc(=Nc3cccnc3)n2N=C(C)CC(C)C)c1. The fourth-order valence-corrected chi connectivity index (χ4v) is 3.85. The molecule has 3 aromatic rings. The van der Waals surface area contributed by atoms with E-state index in [4.69, 9.17) is 19.6 Å². The van der Waals surface area contributed by atoms with E-state index in [1.54, 1.807) is 26.6 Å².